The Kier molecular flexibility index (Phi) is 6.02. The fourth-order valence-corrected chi connectivity index (χ4v) is 4.50. The van der Waals surface area contributed by atoms with Gasteiger partial charge in [-0.25, -0.2) is 4.39 Å². The molecule has 1 atom stereocenters. The first kappa shape index (κ1) is 22.1. The van der Waals surface area contributed by atoms with Gasteiger partial charge in [-0.15, -0.1) is 0 Å². The third-order valence-electron chi connectivity index (χ3n) is 6.01. The van der Waals surface area contributed by atoms with Crippen molar-refractivity contribution in [3.8, 4) is 22.8 Å². The Bertz CT molecular complexity index is 1370. The number of pyridine rings is 1. The van der Waals surface area contributed by atoms with Crippen molar-refractivity contribution in [2.24, 2.45) is 0 Å². The van der Waals surface area contributed by atoms with Crippen molar-refractivity contribution in [1.29, 1.82) is 0 Å². The number of carbonyl (C=O) groups excluding carboxylic acids is 1. The summed E-state index contributed by atoms with van der Waals surface area (Å²) in [4.78, 5) is 18.3. The Hall–Kier alpha value is -3.71. The number of hydrogen-bond acceptors (Lipinski definition) is 4. The topological polar surface area (TPSA) is 60.2 Å². The number of amides is 1. The van der Waals surface area contributed by atoms with E-state index in [-0.39, 0.29) is 22.7 Å². The quantitative estimate of drug-likeness (QED) is 0.330. The first-order valence-corrected chi connectivity index (χ1v) is 11.4. The molecule has 1 unspecified atom stereocenters. The average molecular weight is 477 g/mol. The van der Waals surface area contributed by atoms with Crippen molar-refractivity contribution in [2.75, 3.05) is 13.1 Å². The molecule has 2 aromatic carbocycles. The standard InChI is InChI=1S/C26H22ClFN4O2/c1-2-24(33)31-14-4-5-18(16-31)32-22-12-13-29-15-20(22)26(30-32)17-8-10-19(11-9-17)34-23-7-3-6-21(27)25(23)28/h2-3,6-13,15,18H,1,4-5,14,16H2. The van der Waals surface area contributed by atoms with Gasteiger partial charge in [-0.1, -0.05) is 24.2 Å². The van der Waals surface area contributed by atoms with Gasteiger partial charge < -0.3 is 9.64 Å². The molecule has 6 nitrogen and oxygen atoms in total. The summed E-state index contributed by atoms with van der Waals surface area (Å²) in [5.74, 6) is -0.108. The molecule has 172 valence electrons. The highest BCUT2D eigenvalue weighted by molar-refractivity contribution is 6.30. The predicted octanol–water partition coefficient (Wildman–Crippen LogP) is 6.03. The summed E-state index contributed by atoms with van der Waals surface area (Å²) < 4.78 is 21.9. The molecule has 4 aromatic rings. The normalized spacial score (nSPS) is 15.9. The van der Waals surface area contributed by atoms with Gasteiger partial charge in [-0.2, -0.15) is 5.10 Å². The molecule has 1 aliphatic rings. The van der Waals surface area contributed by atoms with E-state index in [2.05, 4.69) is 11.6 Å². The number of hydrogen-bond donors (Lipinski definition) is 0. The predicted molar refractivity (Wildman–Crippen MR) is 129 cm³/mol. The van der Waals surface area contributed by atoms with Crippen LogP contribution in [0.4, 0.5) is 4.39 Å². The molecule has 0 spiro atoms. The zero-order valence-electron chi connectivity index (χ0n) is 18.3. The van der Waals surface area contributed by atoms with E-state index >= 15 is 0 Å². The van der Waals surface area contributed by atoms with Crippen LogP contribution in [0.2, 0.25) is 5.02 Å². The summed E-state index contributed by atoms with van der Waals surface area (Å²) >= 11 is 5.84. The van der Waals surface area contributed by atoms with Crippen LogP contribution in [-0.4, -0.2) is 38.7 Å². The minimum atomic E-state index is -0.597. The third kappa shape index (κ3) is 4.15. The number of aromatic nitrogens is 3. The Labute approximate surface area is 201 Å². The van der Waals surface area contributed by atoms with Crippen LogP contribution in [-0.2, 0) is 4.79 Å². The third-order valence-corrected chi connectivity index (χ3v) is 6.30. The number of nitrogens with zero attached hydrogens (tertiary/aromatic N) is 4. The molecule has 1 amide bonds. The lowest BCUT2D eigenvalue weighted by Crippen LogP contribution is -2.40. The molecule has 0 N–H and O–H groups in total. The number of carbonyl (C=O) groups is 1. The fourth-order valence-electron chi connectivity index (χ4n) is 4.33. The second kappa shape index (κ2) is 9.27. The smallest absolute Gasteiger partial charge is 0.246 e. The molecule has 1 saturated heterocycles. The molecule has 5 rings (SSSR count). The van der Waals surface area contributed by atoms with Crippen LogP contribution < -0.4 is 4.74 Å². The molecule has 0 aliphatic carbocycles. The summed E-state index contributed by atoms with van der Waals surface area (Å²) in [7, 11) is 0. The molecule has 2 aromatic heterocycles. The molecule has 0 radical (unpaired) electrons. The summed E-state index contributed by atoms with van der Waals surface area (Å²) in [6.45, 7) is 4.92. The monoisotopic (exact) mass is 476 g/mol. The van der Waals surface area contributed by atoms with Crippen molar-refractivity contribution in [2.45, 2.75) is 18.9 Å². The van der Waals surface area contributed by atoms with Crippen LogP contribution in [0.1, 0.15) is 18.9 Å². The molecular formula is C26H22ClFN4O2. The SMILES string of the molecule is C=CC(=O)N1CCCC(n2nc(-c3ccc(Oc4cccc(Cl)c4F)cc3)c3cnccc32)C1. The van der Waals surface area contributed by atoms with Gasteiger partial charge in [0, 0.05) is 36.4 Å². The van der Waals surface area contributed by atoms with Crippen LogP contribution in [0.5, 0.6) is 11.5 Å². The van der Waals surface area contributed by atoms with Gasteiger partial charge in [0.25, 0.3) is 0 Å². The second-order valence-electron chi connectivity index (χ2n) is 8.15. The first-order chi connectivity index (χ1) is 16.5. The van der Waals surface area contributed by atoms with Crippen LogP contribution in [0.15, 0.2) is 73.6 Å². The molecule has 1 aliphatic heterocycles. The maximum absolute atomic E-state index is 14.2. The van der Waals surface area contributed by atoms with Gasteiger partial charge in [-0.3, -0.25) is 14.5 Å². The van der Waals surface area contributed by atoms with Gasteiger partial charge in [0.15, 0.2) is 11.6 Å². The summed E-state index contributed by atoms with van der Waals surface area (Å²) in [6, 6.07) is 13.9. The van der Waals surface area contributed by atoms with Crippen LogP contribution >= 0.6 is 11.6 Å². The number of rotatable bonds is 5. The van der Waals surface area contributed by atoms with E-state index in [1.807, 2.05) is 27.8 Å². The van der Waals surface area contributed by atoms with Crippen LogP contribution in [0, 0.1) is 5.82 Å². The van der Waals surface area contributed by atoms with Gasteiger partial charge in [0.2, 0.25) is 5.91 Å². The Balaban J connectivity index is 1.46. The zero-order chi connectivity index (χ0) is 23.7. The van der Waals surface area contributed by atoms with Crippen molar-refractivity contribution >= 4 is 28.4 Å². The highest BCUT2D eigenvalue weighted by atomic mass is 35.5. The second-order valence-corrected chi connectivity index (χ2v) is 8.56. The molecule has 34 heavy (non-hydrogen) atoms. The van der Waals surface area contributed by atoms with Crippen molar-refractivity contribution in [3.05, 3.63) is 84.4 Å². The maximum atomic E-state index is 14.2. The lowest BCUT2D eigenvalue weighted by molar-refractivity contribution is -0.127. The fraction of sp³-hybridized carbons (Fsp3) is 0.192. The number of fused-ring (bicyclic) bond motifs is 1. The van der Waals surface area contributed by atoms with Crippen LogP contribution in [0.3, 0.4) is 0 Å². The maximum Gasteiger partial charge on any atom is 0.246 e. The largest absolute Gasteiger partial charge is 0.454 e. The van der Waals surface area contributed by atoms with E-state index in [0.717, 1.165) is 41.5 Å². The van der Waals surface area contributed by atoms with Crippen molar-refractivity contribution < 1.29 is 13.9 Å². The molecule has 0 saturated carbocycles. The van der Waals surface area contributed by atoms with E-state index in [4.69, 9.17) is 21.4 Å². The zero-order valence-corrected chi connectivity index (χ0v) is 19.1. The van der Waals surface area contributed by atoms with E-state index in [1.54, 1.807) is 30.6 Å². The summed E-state index contributed by atoms with van der Waals surface area (Å²) in [5, 5.41) is 5.87. The van der Waals surface area contributed by atoms with Gasteiger partial charge >= 0.3 is 0 Å². The summed E-state index contributed by atoms with van der Waals surface area (Å²) in [5.41, 5.74) is 2.63. The van der Waals surface area contributed by atoms with E-state index < -0.39 is 5.82 Å². The molecule has 0 bridgehead atoms. The average Bonchev–Trinajstić information content (AvgIpc) is 3.27. The molecule has 1 fully saturated rings. The molecule has 3 heterocycles. The van der Waals surface area contributed by atoms with Gasteiger partial charge in [-0.05, 0) is 61.4 Å². The minimum absolute atomic E-state index is 0.00898. The van der Waals surface area contributed by atoms with Gasteiger partial charge in [0.1, 0.15) is 11.4 Å². The van der Waals surface area contributed by atoms with Crippen LogP contribution in [0.25, 0.3) is 22.2 Å². The highest BCUT2D eigenvalue weighted by Gasteiger charge is 2.26. The Morgan fingerprint density at radius 3 is 2.82 bits per heavy atom. The van der Waals surface area contributed by atoms with Crippen molar-refractivity contribution in [3.63, 3.8) is 0 Å². The lowest BCUT2D eigenvalue weighted by Gasteiger charge is -2.32. The number of piperidine rings is 1. The number of likely N-dealkylation sites (tertiary alicyclic amines) is 1. The van der Waals surface area contributed by atoms with Crippen molar-refractivity contribution in [1.82, 2.24) is 19.7 Å². The van der Waals surface area contributed by atoms with E-state index in [9.17, 15) is 9.18 Å². The lowest BCUT2D eigenvalue weighted by atomic mass is 10.1. The highest BCUT2D eigenvalue weighted by Crippen LogP contribution is 2.34. The number of ether oxygens (including phenoxy) is 1. The Morgan fingerprint density at radius 1 is 1.21 bits per heavy atom. The Morgan fingerprint density at radius 2 is 2.03 bits per heavy atom. The number of benzene rings is 2. The number of halogens is 2. The summed E-state index contributed by atoms with van der Waals surface area (Å²) in [6.07, 6.45) is 6.74. The minimum Gasteiger partial charge on any atom is -0.454 e. The molecule has 8 heteroatoms. The molecular weight excluding hydrogens is 455 g/mol. The van der Waals surface area contributed by atoms with Gasteiger partial charge in [0.05, 0.1) is 16.6 Å². The first-order valence-electron chi connectivity index (χ1n) is 11.0. The van der Waals surface area contributed by atoms with E-state index in [0.29, 0.717) is 12.3 Å². The van der Waals surface area contributed by atoms with E-state index in [1.165, 1.54) is 18.2 Å².